The fraction of sp³-hybridized carbons (Fsp3) is 0.286. The van der Waals surface area contributed by atoms with Gasteiger partial charge in [0.15, 0.2) is 5.69 Å². The Balaban J connectivity index is 1.84. The summed E-state index contributed by atoms with van der Waals surface area (Å²) >= 11 is 0. The molecule has 1 fully saturated rings. The van der Waals surface area contributed by atoms with E-state index < -0.39 is 0 Å². The van der Waals surface area contributed by atoms with Gasteiger partial charge in [-0.3, -0.25) is 9.80 Å². The van der Waals surface area contributed by atoms with Crippen LogP contribution in [-0.4, -0.2) is 55.8 Å². The van der Waals surface area contributed by atoms with Crippen molar-refractivity contribution in [2.24, 2.45) is 5.10 Å². The summed E-state index contributed by atoms with van der Waals surface area (Å²) in [6.45, 7) is 9.06. The molecule has 4 N–H and O–H groups in total. The highest BCUT2D eigenvalue weighted by atomic mass is 16.1. The summed E-state index contributed by atoms with van der Waals surface area (Å²) in [5.74, 6) is -0.367. The van der Waals surface area contributed by atoms with E-state index >= 15 is 0 Å². The molecule has 1 aliphatic rings. The molecule has 2 aromatic rings. The Hall–Kier alpha value is -3.39. The monoisotopic (exact) mass is 393 g/mol. The van der Waals surface area contributed by atoms with Gasteiger partial charge in [-0.05, 0) is 31.2 Å². The van der Waals surface area contributed by atoms with Crippen molar-refractivity contribution in [3.63, 3.8) is 0 Å². The van der Waals surface area contributed by atoms with Crippen LogP contribution in [0, 0.1) is 0 Å². The predicted octanol–water partition coefficient (Wildman–Crippen LogP) is 1.88. The first-order valence-corrected chi connectivity index (χ1v) is 9.50. The van der Waals surface area contributed by atoms with Crippen LogP contribution < -0.4 is 21.3 Å². The summed E-state index contributed by atoms with van der Waals surface area (Å²) in [5.41, 5.74) is 9.94. The van der Waals surface area contributed by atoms with Crippen molar-refractivity contribution in [2.45, 2.75) is 6.92 Å². The zero-order chi connectivity index (χ0) is 20.8. The number of hydrogen-bond donors (Lipinski definition) is 3. The number of nitrogens with one attached hydrogen (secondary N) is 2. The van der Waals surface area contributed by atoms with Gasteiger partial charge in [0.1, 0.15) is 0 Å². The number of aromatic nitrogens is 1. The predicted molar refractivity (Wildman–Crippen MR) is 118 cm³/mol. The first kappa shape index (κ1) is 20.3. The molecule has 0 saturated carbocycles. The minimum Gasteiger partial charge on any atom is -0.397 e. The van der Waals surface area contributed by atoms with Crippen molar-refractivity contribution in [3.05, 3.63) is 54.0 Å². The third-order valence-electron chi connectivity index (χ3n) is 4.68. The van der Waals surface area contributed by atoms with Crippen LogP contribution in [0.25, 0.3) is 11.3 Å². The van der Waals surface area contributed by atoms with Gasteiger partial charge in [-0.15, -0.1) is 0 Å². The van der Waals surface area contributed by atoms with Gasteiger partial charge in [0.05, 0.1) is 11.4 Å². The molecule has 1 aromatic heterocycles. The van der Waals surface area contributed by atoms with E-state index in [9.17, 15) is 4.79 Å². The zero-order valence-electron chi connectivity index (χ0n) is 16.9. The summed E-state index contributed by atoms with van der Waals surface area (Å²) < 4.78 is 0. The molecule has 152 valence electrons. The number of hydrogen-bond acceptors (Lipinski definition) is 7. The number of allylic oxidation sites excluding steroid dienone is 1. The lowest BCUT2D eigenvalue weighted by molar-refractivity contribution is 0.0961. The van der Waals surface area contributed by atoms with E-state index in [4.69, 9.17) is 5.73 Å². The van der Waals surface area contributed by atoms with Crippen LogP contribution in [0.2, 0.25) is 0 Å². The lowest BCUT2D eigenvalue weighted by atomic mass is 10.1. The van der Waals surface area contributed by atoms with E-state index in [1.807, 2.05) is 18.2 Å². The molecule has 3 rings (SSSR count). The molecule has 29 heavy (non-hydrogen) atoms. The molecule has 0 aliphatic carbocycles. The molecule has 1 saturated heterocycles. The van der Waals surface area contributed by atoms with Crippen LogP contribution in [-0.2, 0) is 0 Å². The van der Waals surface area contributed by atoms with E-state index in [0.29, 0.717) is 17.1 Å². The van der Waals surface area contributed by atoms with E-state index in [1.165, 1.54) is 5.01 Å². The number of amides is 1. The van der Waals surface area contributed by atoms with Crippen LogP contribution in [0.3, 0.4) is 0 Å². The number of piperazine rings is 1. The Bertz CT molecular complexity index is 919. The van der Waals surface area contributed by atoms with Gasteiger partial charge in [-0.1, -0.05) is 12.1 Å². The SMILES string of the molecule is C=NN(C)/C=C(\C)NC(=O)c1nc(-c2cccc(N3CCNCC3)c2)ccc1N. The van der Waals surface area contributed by atoms with Gasteiger partial charge < -0.3 is 21.3 Å². The molecule has 1 aromatic carbocycles. The van der Waals surface area contributed by atoms with Crippen molar-refractivity contribution in [3.8, 4) is 11.3 Å². The third-order valence-corrected chi connectivity index (χ3v) is 4.68. The number of pyridine rings is 1. The molecule has 2 heterocycles. The fourth-order valence-corrected chi connectivity index (χ4v) is 3.19. The summed E-state index contributed by atoms with van der Waals surface area (Å²) in [6.07, 6.45) is 1.65. The highest BCUT2D eigenvalue weighted by Crippen LogP contribution is 2.25. The van der Waals surface area contributed by atoms with Crippen LogP contribution in [0.15, 0.2) is 53.4 Å². The number of carbonyl (C=O) groups is 1. The third kappa shape index (κ3) is 5.11. The number of rotatable bonds is 6. The number of carbonyl (C=O) groups excluding carboxylic acids is 1. The first-order valence-electron chi connectivity index (χ1n) is 9.50. The minimum atomic E-state index is -0.367. The fourth-order valence-electron chi connectivity index (χ4n) is 3.19. The Morgan fingerprint density at radius 1 is 1.34 bits per heavy atom. The summed E-state index contributed by atoms with van der Waals surface area (Å²) in [7, 11) is 1.72. The van der Waals surface area contributed by atoms with Gasteiger partial charge in [0, 0.05) is 63.1 Å². The summed E-state index contributed by atoms with van der Waals surface area (Å²) in [5, 5.41) is 11.4. The topological polar surface area (TPSA) is 98.9 Å². The second-order valence-electron chi connectivity index (χ2n) is 6.90. The number of nitrogens with zero attached hydrogens (tertiary/aromatic N) is 4. The van der Waals surface area contributed by atoms with Gasteiger partial charge in [-0.2, -0.15) is 5.10 Å². The standard InChI is InChI=1S/C21H27N7O/c1-15(14-27(3)23-2)25-21(29)20-18(22)7-8-19(26-20)16-5-4-6-17(13-16)28-11-9-24-10-12-28/h4-8,13-14,24H,2,9-12,22H2,1,3H3,(H,25,29)/b15-14+. The Kier molecular flexibility index (Phi) is 6.46. The van der Waals surface area contributed by atoms with Crippen LogP contribution >= 0.6 is 0 Å². The molecule has 1 aliphatic heterocycles. The maximum Gasteiger partial charge on any atom is 0.276 e. The van der Waals surface area contributed by atoms with Crippen molar-refractivity contribution in [1.82, 2.24) is 20.6 Å². The Labute approximate surface area is 171 Å². The maximum atomic E-state index is 12.7. The van der Waals surface area contributed by atoms with E-state index in [1.54, 1.807) is 26.2 Å². The number of anilines is 2. The second-order valence-corrected chi connectivity index (χ2v) is 6.90. The summed E-state index contributed by atoms with van der Waals surface area (Å²) in [6, 6.07) is 11.7. The van der Waals surface area contributed by atoms with Crippen molar-refractivity contribution in [2.75, 3.05) is 43.9 Å². The Morgan fingerprint density at radius 2 is 2.10 bits per heavy atom. The van der Waals surface area contributed by atoms with Crippen molar-refractivity contribution >= 4 is 24.0 Å². The van der Waals surface area contributed by atoms with Gasteiger partial charge in [0.25, 0.3) is 5.91 Å². The average Bonchev–Trinajstić information content (AvgIpc) is 2.74. The molecule has 0 spiro atoms. The number of hydrazone groups is 1. The summed E-state index contributed by atoms with van der Waals surface area (Å²) in [4.78, 5) is 19.5. The van der Waals surface area contributed by atoms with Crippen molar-refractivity contribution in [1.29, 1.82) is 0 Å². The largest absolute Gasteiger partial charge is 0.397 e. The number of nitrogen functional groups attached to an aromatic ring is 1. The molecular weight excluding hydrogens is 366 g/mol. The van der Waals surface area contributed by atoms with Crippen LogP contribution in [0.1, 0.15) is 17.4 Å². The molecule has 0 unspecified atom stereocenters. The van der Waals surface area contributed by atoms with Crippen LogP contribution in [0.5, 0.6) is 0 Å². The molecule has 0 radical (unpaired) electrons. The Morgan fingerprint density at radius 3 is 2.83 bits per heavy atom. The van der Waals surface area contributed by atoms with Gasteiger partial charge in [-0.25, -0.2) is 4.98 Å². The minimum absolute atomic E-state index is 0.192. The molecule has 0 atom stereocenters. The number of benzene rings is 1. The van der Waals surface area contributed by atoms with Gasteiger partial charge in [0.2, 0.25) is 0 Å². The van der Waals surface area contributed by atoms with Gasteiger partial charge >= 0.3 is 0 Å². The quantitative estimate of drug-likeness (QED) is 0.512. The smallest absolute Gasteiger partial charge is 0.276 e. The average molecular weight is 393 g/mol. The highest BCUT2D eigenvalue weighted by molar-refractivity contribution is 5.98. The molecule has 8 heteroatoms. The molecule has 0 bridgehead atoms. The highest BCUT2D eigenvalue weighted by Gasteiger charge is 2.15. The van der Waals surface area contributed by atoms with E-state index in [2.05, 4.69) is 44.5 Å². The molecular formula is C21H27N7O. The van der Waals surface area contributed by atoms with Crippen LogP contribution in [0.4, 0.5) is 11.4 Å². The van der Waals surface area contributed by atoms with Crippen molar-refractivity contribution < 1.29 is 4.79 Å². The molecule has 8 nitrogen and oxygen atoms in total. The maximum absolute atomic E-state index is 12.7. The second kappa shape index (κ2) is 9.20. The van der Waals surface area contributed by atoms with E-state index in [0.717, 1.165) is 37.4 Å². The first-order chi connectivity index (χ1) is 14.0. The lowest BCUT2D eigenvalue weighted by Crippen LogP contribution is -2.43. The molecule has 1 amide bonds. The normalized spacial score (nSPS) is 14.4. The lowest BCUT2D eigenvalue weighted by Gasteiger charge is -2.29. The van der Waals surface area contributed by atoms with E-state index in [-0.39, 0.29) is 11.6 Å². The number of nitrogens with two attached hydrogens (primary N) is 1. The zero-order valence-corrected chi connectivity index (χ0v) is 16.9.